The second kappa shape index (κ2) is 14.1. The van der Waals surface area contributed by atoms with Gasteiger partial charge in [0.15, 0.2) is 6.61 Å². The zero-order valence-corrected chi connectivity index (χ0v) is 24.0. The SMILES string of the molecule is CSN(C)c1ccccc1C(=O)Nc1ccc(SN2CCN(c3cc(C)nc(OCC#CCN)n3)CC2)cc1. The highest BCUT2D eigenvalue weighted by Gasteiger charge is 2.20. The van der Waals surface area contributed by atoms with Gasteiger partial charge < -0.3 is 25.0 Å². The highest BCUT2D eigenvalue weighted by atomic mass is 32.2. The number of aromatic nitrogens is 2. The summed E-state index contributed by atoms with van der Waals surface area (Å²) in [6.45, 7) is 5.90. The van der Waals surface area contributed by atoms with E-state index < -0.39 is 0 Å². The molecule has 1 aromatic heterocycles. The second-order valence-corrected chi connectivity index (χ2v) is 10.8. The number of ether oxygens (including phenoxy) is 1. The number of nitrogens with zero attached hydrogens (tertiary/aromatic N) is 5. The van der Waals surface area contributed by atoms with E-state index in [2.05, 4.69) is 36.3 Å². The summed E-state index contributed by atoms with van der Waals surface area (Å²) >= 11 is 3.28. The van der Waals surface area contributed by atoms with Crippen molar-refractivity contribution in [3.63, 3.8) is 0 Å². The third-order valence-corrected chi connectivity index (χ3v) is 7.84. The van der Waals surface area contributed by atoms with Gasteiger partial charge in [0.25, 0.3) is 5.91 Å². The number of amides is 1. The molecular formula is C28H33N7O2S2. The van der Waals surface area contributed by atoms with E-state index in [0.717, 1.165) is 54.0 Å². The minimum Gasteiger partial charge on any atom is -0.450 e. The van der Waals surface area contributed by atoms with Crippen LogP contribution in [-0.4, -0.2) is 72.8 Å². The van der Waals surface area contributed by atoms with Gasteiger partial charge in [0.2, 0.25) is 0 Å². The molecule has 0 bridgehead atoms. The Morgan fingerprint density at radius 1 is 1.10 bits per heavy atom. The molecule has 3 aromatic rings. The number of anilines is 3. The van der Waals surface area contributed by atoms with Gasteiger partial charge in [-0.15, -0.1) is 0 Å². The molecule has 11 heteroatoms. The summed E-state index contributed by atoms with van der Waals surface area (Å²) in [4.78, 5) is 25.2. The molecule has 2 heterocycles. The van der Waals surface area contributed by atoms with Crippen molar-refractivity contribution in [2.75, 3.05) is 67.2 Å². The fourth-order valence-electron chi connectivity index (χ4n) is 3.97. The van der Waals surface area contributed by atoms with Crippen LogP contribution in [0.2, 0.25) is 0 Å². The predicted octanol–water partition coefficient (Wildman–Crippen LogP) is 3.92. The summed E-state index contributed by atoms with van der Waals surface area (Å²) in [7, 11) is 1.95. The van der Waals surface area contributed by atoms with Crippen LogP contribution < -0.4 is 25.0 Å². The van der Waals surface area contributed by atoms with Gasteiger partial charge in [0.1, 0.15) is 5.82 Å². The molecule has 0 aliphatic carbocycles. The first kappa shape index (κ1) is 28.6. The number of para-hydroxylation sites is 1. The van der Waals surface area contributed by atoms with Crippen LogP contribution in [-0.2, 0) is 0 Å². The Balaban J connectivity index is 1.29. The van der Waals surface area contributed by atoms with Gasteiger partial charge in [0, 0.05) is 61.8 Å². The minimum atomic E-state index is -0.125. The molecule has 1 fully saturated rings. The first-order chi connectivity index (χ1) is 19.0. The van der Waals surface area contributed by atoms with Crippen molar-refractivity contribution in [2.24, 2.45) is 5.73 Å². The number of nitrogens with one attached hydrogen (secondary N) is 1. The molecule has 3 N–H and O–H groups in total. The zero-order valence-electron chi connectivity index (χ0n) is 22.4. The molecule has 0 spiro atoms. The summed E-state index contributed by atoms with van der Waals surface area (Å²) in [5.74, 6) is 6.34. The molecule has 0 unspecified atom stereocenters. The van der Waals surface area contributed by atoms with Crippen LogP contribution in [0.1, 0.15) is 16.1 Å². The van der Waals surface area contributed by atoms with Gasteiger partial charge >= 0.3 is 6.01 Å². The summed E-state index contributed by atoms with van der Waals surface area (Å²) in [5.41, 5.74) is 8.53. The number of hydrogen-bond acceptors (Lipinski definition) is 10. The first-order valence-corrected chi connectivity index (χ1v) is 14.5. The van der Waals surface area contributed by atoms with Crippen molar-refractivity contribution in [3.05, 3.63) is 65.9 Å². The lowest BCUT2D eigenvalue weighted by molar-refractivity contribution is 0.102. The van der Waals surface area contributed by atoms with E-state index in [1.165, 1.54) is 0 Å². The zero-order chi connectivity index (χ0) is 27.6. The van der Waals surface area contributed by atoms with Crippen LogP contribution in [0.5, 0.6) is 6.01 Å². The number of nitrogens with two attached hydrogens (primary N) is 1. The van der Waals surface area contributed by atoms with Crippen molar-refractivity contribution in [1.82, 2.24) is 14.3 Å². The van der Waals surface area contributed by atoms with Crippen LogP contribution >= 0.6 is 23.9 Å². The Kier molecular flexibility index (Phi) is 10.3. The molecule has 2 aromatic carbocycles. The topological polar surface area (TPSA) is 99.9 Å². The van der Waals surface area contributed by atoms with Gasteiger partial charge in [-0.05, 0) is 55.3 Å². The van der Waals surface area contributed by atoms with E-state index in [0.29, 0.717) is 18.1 Å². The van der Waals surface area contributed by atoms with E-state index in [9.17, 15) is 4.79 Å². The van der Waals surface area contributed by atoms with E-state index in [4.69, 9.17) is 10.5 Å². The van der Waals surface area contributed by atoms with Crippen molar-refractivity contribution in [1.29, 1.82) is 0 Å². The number of aryl methyl sites for hydroxylation is 1. The van der Waals surface area contributed by atoms with E-state index >= 15 is 0 Å². The number of benzene rings is 2. The molecule has 0 atom stereocenters. The molecule has 0 radical (unpaired) electrons. The summed E-state index contributed by atoms with van der Waals surface area (Å²) in [6, 6.07) is 17.9. The fourth-order valence-corrected chi connectivity index (χ4v) is 5.23. The van der Waals surface area contributed by atoms with Crippen LogP contribution in [0.3, 0.4) is 0 Å². The first-order valence-electron chi connectivity index (χ1n) is 12.6. The largest absolute Gasteiger partial charge is 0.450 e. The van der Waals surface area contributed by atoms with Gasteiger partial charge in [-0.25, -0.2) is 9.29 Å². The Bertz CT molecular complexity index is 1320. The maximum atomic E-state index is 12.9. The third-order valence-electron chi connectivity index (χ3n) is 5.99. The minimum absolute atomic E-state index is 0.125. The highest BCUT2D eigenvalue weighted by molar-refractivity contribution is 7.99. The molecule has 1 amide bonds. The lowest BCUT2D eigenvalue weighted by Gasteiger charge is -2.34. The molecule has 1 aliphatic heterocycles. The standard InChI is InChI=1S/C28H33N7O2S2/c1-21-20-26(32-28(30-21)37-19-7-6-14-29)34-15-17-35(18-16-34)39-23-12-10-22(11-13-23)31-27(36)24-8-4-5-9-25(24)33(2)38-3/h4-5,8-13,20H,14-19,29H2,1-3H3,(H,31,36). The van der Waals surface area contributed by atoms with Crippen LogP contribution in [0, 0.1) is 18.8 Å². The van der Waals surface area contributed by atoms with Crippen LogP contribution in [0.15, 0.2) is 59.5 Å². The number of carbonyl (C=O) groups excluding carboxylic acids is 1. The third kappa shape index (κ3) is 8.03. The molecule has 39 heavy (non-hydrogen) atoms. The molecule has 9 nitrogen and oxygen atoms in total. The molecule has 0 saturated carbocycles. The van der Waals surface area contributed by atoms with Crippen LogP contribution in [0.4, 0.5) is 17.2 Å². The number of piperazine rings is 1. The summed E-state index contributed by atoms with van der Waals surface area (Å²) in [5, 5.41) is 3.02. The average molecular weight is 564 g/mol. The lowest BCUT2D eigenvalue weighted by Crippen LogP contribution is -2.43. The Hall–Kier alpha value is -3.43. The summed E-state index contributed by atoms with van der Waals surface area (Å²) < 4.78 is 9.90. The van der Waals surface area contributed by atoms with Crippen molar-refractivity contribution in [3.8, 4) is 17.9 Å². The molecule has 204 valence electrons. The Labute approximate surface area is 238 Å². The fraction of sp³-hybridized carbons (Fsp3) is 0.321. The van der Waals surface area contributed by atoms with E-state index in [1.807, 2.05) is 79.1 Å². The number of carbonyl (C=O) groups is 1. The monoisotopic (exact) mass is 563 g/mol. The lowest BCUT2D eigenvalue weighted by atomic mass is 10.1. The van der Waals surface area contributed by atoms with Gasteiger partial charge in [-0.3, -0.25) is 4.79 Å². The number of rotatable bonds is 9. The molecule has 1 saturated heterocycles. The van der Waals surface area contributed by atoms with Crippen molar-refractivity contribution in [2.45, 2.75) is 11.8 Å². The van der Waals surface area contributed by atoms with Gasteiger partial charge in [-0.2, -0.15) is 4.98 Å². The number of hydrogen-bond donors (Lipinski definition) is 2. The van der Waals surface area contributed by atoms with Crippen molar-refractivity contribution >= 4 is 47.0 Å². The summed E-state index contributed by atoms with van der Waals surface area (Å²) in [6.07, 6.45) is 1.98. The second-order valence-electron chi connectivity index (χ2n) is 8.68. The maximum Gasteiger partial charge on any atom is 0.319 e. The molecular weight excluding hydrogens is 530 g/mol. The normalized spacial score (nSPS) is 13.4. The van der Waals surface area contributed by atoms with Crippen molar-refractivity contribution < 1.29 is 9.53 Å². The average Bonchev–Trinajstić information content (AvgIpc) is 2.96. The highest BCUT2D eigenvalue weighted by Crippen LogP contribution is 2.28. The quantitative estimate of drug-likeness (QED) is 0.294. The smallest absolute Gasteiger partial charge is 0.319 e. The maximum absolute atomic E-state index is 12.9. The van der Waals surface area contributed by atoms with Gasteiger partial charge in [0.05, 0.1) is 17.8 Å². The van der Waals surface area contributed by atoms with Crippen LogP contribution in [0.25, 0.3) is 0 Å². The Morgan fingerprint density at radius 3 is 2.56 bits per heavy atom. The molecule has 4 rings (SSSR count). The van der Waals surface area contributed by atoms with E-state index in [1.54, 1.807) is 23.9 Å². The van der Waals surface area contributed by atoms with Gasteiger partial charge in [-0.1, -0.05) is 35.9 Å². The molecule has 1 aliphatic rings. The predicted molar refractivity (Wildman–Crippen MR) is 161 cm³/mol. The Morgan fingerprint density at radius 2 is 1.85 bits per heavy atom. The van der Waals surface area contributed by atoms with E-state index in [-0.39, 0.29) is 12.5 Å².